The lowest BCUT2D eigenvalue weighted by Gasteiger charge is -2.10. The summed E-state index contributed by atoms with van der Waals surface area (Å²) in [5.41, 5.74) is 0. The van der Waals surface area contributed by atoms with Crippen LogP contribution >= 0.6 is 11.3 Å². The van der Waals surface area contributed by atoms with Crippen molar-refractivity contribution < 1.29 is 5.11 Å². The first-order valence-electron chi connectivity index (χ1n) is 4.90. The maximum Gasteiger partial charge on any atom is 0.0884 e. The zero-order chi connectivity index (χ0) is 9.84. The fourth-order valence-electron chi connectivity index (χ4n) is 1.33. The Balaban J connectivity index is 2.60. The molecule has 0 aromatic carbocycles. The van der Waals surface area contributed by atoms with Crippen LogP contribution in [0.5, 0.6) is 0 Å². The maximum atomic E-state index is 9.81. The number of hydrogen-bond acceptors (Lipinski definition) is 2. The van der Waals surface area contributed by atoms with Gasteiger partial charge in [0.15, 0.2) is 0 Å². The molecule has 1 unspecified atom stereocenters. The molecule has 1 nitrogen and oxygen atoms in total. The predicted octanol–water partition coefficient (Wildman–Crippen LogP) is 3.39. The summed E-state index contributed by atoms with van der Waals surface area (Å²) in [4.78, 5) is 2.48. The van der Waals surface area contributed by atoms with Crippen molar-refractivity contribution in [2.24, 2.45) is 5.92 Å². The maximum absolute atomic E-state index is 9.81. The predicted molar refractivity (Wildman–Crippen MR) is 58.1 cm³/mol. The number of hydrogen-bond donors (Lipinski definition) is 1. The van der Waals surface area contributed by atoms with E-state index >= 15 is 0 Å². The molecular weight excluding hydrogens is 180 g/mol. The van der Waals surface area contributed by atoms with Gasteiger partial charge in [0.05, 0.1) is 6.10 Å². The van der Waals surface area contributed by atoms with Gasteiger partial charge in [0.2, 0.25) is 0 Å². The van der Waals surface area contributed by atoms with E-state index in [1.165, 1.54) is 4.88 Å². The molecule has 0 fully saturated rings. The highest BCUT2D eigenvalue weighted by molar-refractivity contribution is 7.12. The Morgan fingerprint density at radius 2 is 2.08 bits per heavy atom. The summed E-state index contributed by atoms with van der Waals surface area (Å²) >= 11 is 1.73. The van der Waals surface area contributed by atoms with Gasteiger partial charge in [-0.2, -0.15) is 0 Å². The zero-order valence-electron chi connectivity index (χ0n) is 8.58. The van der Waals surface area contributed by atoms with E-state index in [-0.39, 0.29) is 6.10 Å². The standard InChI is InChI=1S/C11H18OS/c1-4-9-5-6-11(13-9)10(12)7-8(2)3/h5-6,8,10,12H,4,7H2,1-3H3. The molecule has 1 aromatic heterocycles. The summed E-state index contributed by atoms with van der Waals surface area (Å²) in [6.45, 7) is 6.42. The fraction of sp³-hybridized carbons (Fsp3) is 0.636. The third-order valence-corrected chi connectivity index (χ3v) is 3.38. The molecule has 2 heteroatoms. The Bertz CT molecular complexity index is 252. The van der Waals surface area contributed by atoms with Crippen LogP contribution < -0.4 is 0 Å². The monoisotopic (exact) mass is 198 g/mol. The van der Waals surface area contributed by atoms with E-state index < -0.39 is 0 Å². The van der Waals surface area contributed by atoms with Gasteiger partial charge in [0.1, 0.15) is 0 Å². The molecule has 0 saturated carbocycles. The van der Waals surface area contributed by atoms with Gasteiger partial charge < -0.3 is 5.11 Å². The van der Waals surface area contributed by atoms with E-state index in [2.05, 4.69) is 32.9 Å². The summed E-state index contributed by atoms with van der Waals surface area (Å²) in [6.07, 6.45) is 1.67. The second-order valence-electron chi connectivity index (χ2n) is 3.80. The van der Waals surface area contributed by atoms with Crippen molar-refractivity contribution >= 4 is 11.3 Å². The molecule has 1 heterocycles. The van der Waals surface area contributed by atoms with Crippen molar-refractivity contribution in [3.05, 3.63) is 21.9 Å². The molecule has 1 atom stereocenters. The highest BCUT2D eigenvalue weighted by Crippen LogP contribution is 2.27. The second kappa shape index (κ2) is 4.77. The zero-order valence-corrected chi connectivity index (χ0v) is 9.40. The average molecular weight is 198 g/mol. The first-order valence-corrected chi connectivity index (χ1v) is 5.71. The van der Waals surface area contributed by atoms with Crippen molar-refractivity contribution in [3.63, 3.8) is 0 Å². The molecule has 0 amide bonds. The molecule has 0 aliphatic carbocycles. The average Bonchev–Trinajstić information content (AvgIpc) is 2.50. The Morgan fingerprint density at radius 3 is 2.54 bits per heavy atom. The fourth-order valence-corrected chi connectivity index (χ4v) is 2.28. The third kappa shape index (κ3) is 3.12. The minimum Gasteiger partial charge on any atom is -0.388 e. The number of aryl methyl sites for hydroxylation is 1. The Kier molecular flexibility index (Phi) is 3.94. The molecule has 0 aliphatic heterocycles. The van der Waals surface area contributed by atoms with Crippen LogP contribution in [0.15, 0.2) is 12.1 Å². The van der Waals surface area contributed by atoms with Gasteiger partial charge >= 0.3 is 0 Å². The summed E-state index contributed by atoms with van der Waals surface area (Å²) < 4.78 is 0. The Morgan fingerprint density at radius 1 is 1.38 bits per heavy atom. The van der Waals surface area contributed by atoms with Crippen LogP contribution in [0.1, 0.15) is 43.1 Å². The molecular formula is C11H18OS. The van der Waals surface area contributed by atoms with Crippen LogP contribution in [-0.2, 0) is 6.42 Å². The van der Waals surface area contributed by atoms with Gasteiger partial charge in [0.25, 0.3) is 0 Å². The van der Waals surface area contributed by atoms with Gasteiger partial charge in [-0.25, -0.2) is 0 Å². The minimum absolute atomic E-state index is 0.259. The highest BCUT2D eigenvalue weighted by atomic mass is 32.1. The number of aliphatic hydroxyl groups is 1. The molecule has 1 rings (SSSR count). The van der Waals surface area contributed by atoms with Crippen molar-refractivity contribution in [2.45, 2.75) is 39.7 Å². The summed E-state index contributed by atoms with van der Waals surface area (Å²) in [6, 6.07) is 4.17. The van der Waals surface area contributed by atoms with E-state index in [4.69, 9.17) is 0 Å². The summed E-state index contributed by atoms with van der Waals surface area (Å²) in [7, 11) is 0. The lowest BCUT2D eigenvalue weighted by molar-refractivity contribution is 0.154. The van der Waals surface area contributed by atoms with Crippen LogP contribution in [0.25, 0.3) is 0 Å². The lowest BCUT2D eigenvalue weighted by Crippen LogP contribution is -1.99. The Hall–Kier alpha value is -0.340. The van der Waals surface area contributed by atoms with Crippen molar-refractivity contribution in [3.8, 4) is 0 Å². The number of rotatable bonds is 4. The molecule has 1 aromatic rings. The van der Waals surface area contributed by atoms with Crippen molar-refractivity contribution in [2.75, 3.05) is 0 Å². The van der Waals surface area contributed by atoms with Crippen LogP contribution in [0.3, 0.4) is 0 Å². The largest absolute Gasteiger partial charge is 0.388 e. The SMILES string of the molecule is CCc1ccc(C(O)CC(C)C)s1. The van der Waals surface area contributed by atoms with Crippen LogP contribution in [0.2, 0.25) is 0 Å². The molecule has 13 heavy (non-hydrogen) atoms. The smallest absolute Gasteiger partial charge is 0.0884 e. The van der Waals surface area contributed by atoms with Gasteiger partial charge in [-0.05, 0) is 30.9 Å². The minimum atomic E-state index is -0.259. The normalized spacial score (nSPS) is 13.6. The van der Waals surface area contributed by atoms with Gasteiger partial charge in [-0.15, -0.1) is 11.3 Å². The molecule has 0 spiro atoms. The topological polar surface area (TPSA) is 20.2 Å². The molecule has 0 radical (unpaired) electrons. The number of thiophene rings is 1. The van der Waals surface area contributed by atoms with E-state index in [1.54, 1.807) is 11.3 Å². The summed E-state index contributed by atoms with van der Waals surface area (Å²) in [5.74, 6) is 0.558. The van der Waals surface area contributed by atoms with Gasteiger partial charge in [-0.1, -0.05) is 20.8 Å². The second-order valence-corrected chi connectivity index (χ2v) is 5.00. The molecule has 74 valence electrons. The molecule has 0 bridgehead atoms. The molecule has 0 saturated heterocycles. The Labute approximate surface area is 84.4 Å². The van der Waals surface area contributed by atoms with E-state index in [0.29, 0.717) is 5.92 Å². The highest BCUT2D eigenvalue weighted by Gasteiger charge is 2.11. The van der Waals surface area contributed by atoms with Crippen molar-refractivity contribution in [1.82, 2.24) is 0 Å². The van der Waals surface area contributed by atoms with E-state index in [9.17, 15) is 5.11 Å². The van der Waals surface area contributed by atoms with Gasteiger partial charge in [-0.3, -0.25) is 0 Å². The van der Waals surface area contributed by atoms with Crippen LogP contribution in [0.4, 0.5) is 0 Å². The quantitative estimate of drug-likeness (QED) is 0.786. The van der Waals surface area contributed by atoms with Crippen LogP contribution in [0, 0.1) is 5.92 Å². The summed E-state index contributed by atoms with van der Waals surface area (Å²) in [5, 5.41) is 9.81. The molecule has 0 aliphatic rings. The van der Waals surface area contributed by atoms with Crippen molar-refractivity contribution in [1.29, 1.82) is 0 Å². The first kappa shape index (κ1) is 10.7. The van der Waals surface area contributed by atoms with Crippen LogP contribution in [-0.4, -0.2) is 5.11 Å². The molecule has 1 N–H and O–H groups in total. The van der Waals surface area contributed by atoms with E-state index in [1.807, 2.05) is 0 Å². The van der Waals surface area contributed by atoms with E-state index in [0.717, 1.165) is 17.7 Å². The first-order chi connectivity index (χ1) is 6.13. The van der Waals surface area contributed by atoms with Gasteiger partial charge in [0, 0.05) is 9.75 Å². The lowest BCUT2D eigenvalue weighted by atomic mass is 10.1. The number of aliphatic hydroxyl groups excluding tert-OH is 1. The third-order valence-electron chi connectivity index (χ3n) is 2.05.